The number of aliphatic carboxylic acids is 1. The summed E-state index contributed by atoms with van der Waals surface area (Å²) in [7, 11) is 0. The molecule has 0 radical (unpaired) electrons. The molecular weight excluding hydrogens is 965 g/mol. The Morgan fingerprint density at radius 2 is 0.792 bits per heavy atom. The molecule has 0 spiro atoms. The molecular formula is C65H94N4O8. The normalized spacial score (nSPS) is 10.7. The first-order valence-electron chi connectivity index (χ1n) is 27.2. The van der Waals surface area contributed by atoms with E-state index in [1.807, 2.05) is 110 Å². The van der Waals surface area contributed by atoms with E-state index >= 15 is 0 Å². The molecule has 2 aromatic heterocycles. The van der Waals surface area contributed by atoms with Gasteiger partial charge in [0.25, 0.3) is 0 Å². The minimum absolute atomic E-state index is 0.00743. The quantitative estimate of drug-likeness (QED) is 0.0425. The van der Waals surface area contributed by atoms with E-state index in [2.05, 4.69) is 97.1 Å². The number of hydrogen-bond donors (Lipinski definition) is 6. The van der Waals surface area contributed by atoms with Gasteiger partial charge < -0.3 is 30.6 Å². The SMILES string of the molecule is CC(C)CN(CC(=O)O)Cc1ccccc1O.CC(C)CN(Cc1ccccc1O)Cc1ccccc1O.CC(C)Cc1cccc(C(=O)O)n1.CC(C)Cc1ccccc1O.CC(C)Cc1ccccn1.CCC(C)C. The van der Waals surface area contributed by atoms with Crippen LogP contribution in [0.15, 0.2) is 140 Å². The molecule has 0 saturated heterocycles. The van der Waals surface area contributed by atoms with Gasteiger partial charge in [-0.1, -0.05) is 181 Å². The van der Waals surface area contributed by atoms with Crippen LogP contribution in [-0.4, -0.2) is 82.0 Å². The van der Waals surface area contributed by atoms with Gasteiger partial charge in [0.15, 0.2) is 0 Å². The van der Waals surface area contributed by atoms with Gasteiger partial charge in [-0.05, 0) is 109 Å². The highest BCUT2D eigenvalue weighted by molar-refractivity contribution is 5.85. The van der Waals surface area contributed by atoms with Crippen molar-refractivity contribution in [3.8, 4) is 23.0 Å². The number of aromatic hydroxyl groups is 4. The summed E-state index contributed by atoms with van der Waals surface area (Å²) in [5.74, 6) is 3.05. The van der Waals surface area contributed by atoms with Crippen LogP contribution in [0.3, 0.4) is 0 Å². The van der Waals surface area contributed by atoms with E-state index in [0.717, 1.165) is 59.7 Å². The van der Waals surface area contributed by atoms with Gasteiger partial charge in [-0.2, -0.15) is 0 Å². The molecule has 12 nitrogen and oxygen atoms in total. The lowest BCUT2D eigenvalue weighted by atomic mass is 10.0. The highest BCUT2D eigenvalue weighted by Gasteiger charge is 2.15. The number of hydrogen-bond acceptors (Lipinski definition) is 10. The van der Waals surface area contributed by atoms with Gasteiger partial charge in [0, 0.05) is 67.0 Å². The number of carboxylic acids is 2. The van der Waals surface area contributed by atoms with Crippen LogP contribution in [-0.2, 0) is 43.7 Å². The average molecular weight is 1060 g/mol. The molecule has 0 amide bonds. The number of aromatic carboxylic acids is 1. The van der Waals surface area contributed by atoms with Crippen molar-refractivity contribution in [3.63, 3.8) is 0 Å². The fourth-order valence-electron chi connectivity index (χ4n) is 7.44. The number of para-hydroxylation sites is 4. The standard InChI is InChI=1S/C18H23NO2.C13H19NO3.C10H13NO2.C10H14O.C9H13N.C5H12/c1-14(2)11-19(12-15-7-3-5-9-17(15)20)13-16-8-4-6-10-18(16)21;1-10(2)7-14(9-13(16)17)8-11-5-3-4-6-12(11)15;1-7(2)6-8-4-3-5-9(11-8)10(12)13;1-8(2)7-9-5-3-4-6-10(9)11;1-8(2)7-9-5-3-4-6-10-9;1-4-5(2)3/h3-10,14,20-21H,11-13H2,1-2H3;3-6,10,15H,7-9H2,1-2H3,(H,16,17);3-5,7H,6H2,1-2H3,(H,12,13);3-6,8,11H,7H2,1-2H3;3-6,8H,7H2,1-2H3;5H,4H2,1-3H3. The number of phenols is 4. The third kappa shape index (κ3) is 33.1. The van der Waals surface area contributed by atoms with Crippen LogP contribution in [0, 0.1) is 35.5 Å². The number of phenolic OH excluding ortho intramolecular Hbond substituents is 4. The second-order valence-electron chi connectivity index (χ2n) is 21.8. The summed E-state index contributed by atoms with van der Waals surface area (Å²) in [4.78, 5) is 33.6. The number of benzene rings is 4. The molecule has 6 N–H and O–H groups in total. The zero-order chi connectivity index (χ0) is 57.9. The molecule has 4 aromatic carbocycles. The number of pyridine rings is 2. The van der Waals surface area contributed by atoms with E-state index in [1.54, 1.807) is 36.4 Å². The highest BCUT2D eigenvalue weighted by Crippen LogP contribution is 2.24. The molecule has 0 aliphatic heterocycles. The maximum Gasteiger partial charge on any atom is 0.354 e. The van der Waals surface area contributed by atoms with Crippen LogP contribution in [0.4, 0.5) is 0 Å². The van der Waals surface area contributed by atoms with Crippen molar-refractivity contribution in [3.05, 3.63) is 179 Å². The molecule has 6 rings (SSSR count). The molecule has 0 aliphatic rings. The largest absolute Gasteiger partial charge is 0.508 e. The lowest BCUT2D eigenvalue weighted by Gasteiger charge is -2.25. The highest BCUT2D eigenvalue weighted by atomic mass is 16.4. The fourth-order valence-corrected chi connectivity index (χ4v) is 7.44. The summed E-state index contributed by atoms with van der Waals surface area (Å²) in [6.07, 6.45) is 6.01. The molecule has 0 fully saturated rings. The molecule has 0 unspecified atom stereocenters. The Balaban J connectivity index is 0.000000482. The van der Waals surface area contributed by atoms with E-state index in [4.69, 9.17) is 10.2 Å². The first kappa shape index (κ1) is 68.3. The minimum atomic E-state index is -0.967. The summed E-state index contributed by atoms with van der Waals surface area (Å²) < 4.78 is 0. The lowest BCUT2D eigenvalue weighted by Crippen LogP contribution is -2.32. The summed E-state index contributed by atoms with van der Waals surface area (Å²) in [5, 5.41) is 56.4. The molecule has 422 valence electrons. The van der Waals surface area contributed by atoms with Crippen LogP contribution in [0.1, 0.15) is 141 Å². The van der Waals surface area contributed by atoms with Crippen molar-refractivity contribution in [2.45, 2.75) is 135 Å². The summed E-state index contributed by atoms with van der Waals surface area (Å²) in [5.41, 5.74) is 5.78. The first-order chi connectivity index (χ1) is 36.4. The molecule has 0 aliphatic carbocycles. The Labute approximate surface area is 462 Å². The number of nitrogens with zero attached hydrogens (tertiary/aromatic N) is 4. The van der Waals surface area contributed by atoms with E-state index in [0.29, 0.717) is 73.0 Å². The van der Waals surface area contributed by atoms with Gasteiger partial charge >= 0.3 is 11.9 Å². The van der Waals surface area contributed by atoms with Crippen molar-refractivity contribution in [2.75, 3.05) is 19.6 Å². The zero-order valence-corrected chi connectivity index (χ0v) is 48.6. The summed E-state index contributed by atoms with van der Waals surface area (Å²) in [6, 6.07) is 40.5. The second kappa shape index (κ2) is 38.7. The Morgan fingerprint density at radius 1 is 0.429 bits per heavy atom. The fraction of sp³-hybridized carbons (Fsp3) is 0.446. The van der Waals surface area contributed by atoms with Crippen molar-refractivity contribution in [1.29, 1.82) is 0 Å². The molecule has 2 heterocycles. The van der Waals surface area contributed by atoms with E-state index in [-0.39, 0.29) is 18.0 Å². The predicted octanol–water partition coefficient (Wildman–Crippen LogP) is 14.6. The van der Waals surface area contributed by atoms with E-state index < -0.39 is 11.9 Å². The van der Waals surface area contributed by atoms with Gasteiger partial charge in [0.2, 0.25) is 0 Å². The lowest BCUT2D eigenvalue weighted by molar-refractivity contribution is -0.138. The monoisotopic (exact) mass is 1060 g/mol. The molecule has 0 atom stereocenters. The Bertz CT molecular complexity index is 2460. The summed E-state index contributed by atoms with van der Waals surface area (Å²) >= 11 is 0. The van der Waals surface area contributed by atoms with Gasteiger partial charge in [-0.25, -0.2) is 9.78 Å². The number of aromatic nitrogens is 2. The Morgan fingerprint density at radius 3 is 1.14 bits per heavy atom. The van der Waals surface area contributed by atoms with Gasteiger partial charge in [-0.15, -0.1) is 0 Å². The van der Waals surface area contributed by atoms with Crippen LogP contribution in [0.2, 0.25) is 0 Å². The second-order valence-corrected chi connectivity index (χ2v) is 21.8. The minimum Gasteiger partial charge on any atom is -0.508 e. The number of rotatable bonds is 20. The van der Waals surface area contributed by atoms with Crippen molar-refractivity contribution >= 4 is 11.9 Å². The smallest absolute Gasteiger partial charge is 0.354 e. The zero-order valence-electron chi connectivity index (χ0n) is 48.6. The Kier molecular flexibility index (Phi) is 34.3. The van der Waals surface area contributed by atoms with E-state index in [1.165, 1.54) is 18.2 Å². The van der Waals surface area contributed by atoms with Gasteiger partial charge in [-0.3, -0.25) is 19.6 Å². The molecule has 0 saturated carbocycles. The van der Waals surface area contributed by atoms with Crippen molar-refractivity contribution in [2.24, 2.45) is 35.5 Å². The molecule has 77 heavy (non-hydrogen) atoms. The predicted molar refractivity (Wildman–Crippen MR) is 315 cm³/mol. The van der Waals surface area contributed by atoms with Crippen LogP contribution >= 0.6 is 0 Å². The van der Waals surface area contributed by atoms with Crippen LogP contribution in [0.25, 0.3) is 0 Å². The van der Waals surface area contributed by atoms with Gasteiger partial charge in [0.1, 0.15) is 28.7 Å². The van der Waals surface area contributed by atoms with Crippen LogP contribution < -0.4 is 0 Å². The molecule has 12 heteroatoms. The number of carboxylic acid groups (broad SMARTS) is 2. The Hall–Kier alpha value is -6.76. The van der Waals surface area contributed by atoms with Crippen molar-refractivity contribution in [1.82, 2.24) is 19.8 Å². The van der Waals surface area contributed by atoms with Gasteiger partial charge in [0.05, 0.1) is 6.54 Å². The van der Waals surface area contributed by atoms with E-state index in [9.17, 15) is 30.0 Å². The van der Waals surface area contributed by atoms with Crippen LogP contribution in [0.5, 0.6) is 23.0 Å². The molecule has 6 aromatic rings. The average Bonchev–Trinajstić information content (AvgIpc) is 3.35. The third-order valence-corrected chi connectivity index (χ3v) is 11.2. The summed E-state index contributed by atoms with van der Waals surface area (Å²) in [6.45, 7) is 31.3. The molecule has 0 bridgehead atoms. The first-order valence-corrected chi connectivity index (χ1v) is 27.2. The maximum atomic E-state index is 10.8. The number of carbonyl (C=O) groups is 2. The maximum absolute atomic E-state index is 10.8. The topological polar surface area (TPSA) is 188 Å². The third-order valence-electron chi connectivity index (χ3n) is 11.2. The van der Waals surface area contributed by atoms with Crippen molar-refractivity contribution < 1.29 is 40.2 Å².